The Balaban J connectivity index is 0.00000324. The van der Waals surface area contributed by atoms with Gasteiger partial charge < -0.3 is 5.11 Å². The average molecular weight is 266 g/mol. The van der Waals surface area contributed by atoms with Crippen LogP contribution in [0, 0.1) is 6.07 Å². The Morgan fingerprint density at radius 2 is 2.16 bits per heavy atom. The molecule has 0 aliphatic rings. The largest absolute Gasteiger partial charge is 1.00 e. The maximum Gasteiger partial charge on any atom is 1.00 e. The van der Waals surface area contributed by atoms with Crippen molar-refractivity contribution in [2.75, 3.05) is 0 Å². The van der Waals surface area contributed by atoms with Crippen molar-refractivity contribution in [1.29, 1.82) is 0 Å². The molecular formula is C17H23NaO. The van der Waals surface area contributed by atoms with E-state index in [1.54, 1.807) is 0 Å². The smallest absolute Gasteiger partial charge is 0.389 e. The van der Waals surface area contributed by atoms with Gasteiger partial charge in [0, 0.05) is 0 Å². The van der Waals surface area contributed by atoms with Crippen molar-refractivity contribution in [1.82, 2.24) is 0 Å². The van der Waals surface area contributed by atoms with Crippen molar-refractivity contribution in [2.45, 2.75) is 45.1 Å². The maximum absolute atomic E-state index is 9.76. The molecule has 1 atom stereocenters. The van der Waals surface area contributed by atoms with Gasteiger partial charge in [0.1, 0.15) is 0 Å². The standard InChI is InChI=1S/C17H23O.Na/c1-2-3-4-5-6-10-13-17(18)15-14-16-11-8-7-9-12-16;/h6-8,10-12,14-15,17-18H,2-5,13H2,1H3;/q-1;+1. The van der Waals surface area contributed by atoms with Crippen LogP contribution in [-0.4, -0.2) is 11.2 Å². The molecule has 0 fully saturated rings. The third-order valence-electron chi connectivity index (χ3n) is 2.76. The van der Waals surface area contributed by atoms with Crippen LogP contribution in [0.2, 0.25) is 0 Å². The van der Waals surface area contributed by atoms with Gasteiger partial charge in [-0.1, -0.05) is 38.0 Å². The summed E-state index contributed by atoms with van der Waals surface area (Å²) < 4.78 is 0. The van der Waals surface area contributed by atoms with Crippen molar-refractivity contribution in [2.24, 2.45) is 0 Å². The second-order valence-corrected chi connectivity index (χ2v) is 4.47. The molecule has 0 heterocycles. The molecule has 1 aromatic rings. The Labute approximate surface area is 139 Å². The van der Waals surface area contributed by atoms with Gasteiger partial charge in [0.2, 0.25) is 0 Å². The number of unbranched alkanes of at least 4 members (excludes halogenated alkanes) is 3. The molecule has 1 rings (SSSR count). The van der Waals surface area contributed by atoms with E-state index in [1.807, 2.05) is 36.4 Å². The molecule has 2 heteroatoms. The van der Waals surface area contributed by atoms with E-state index in [9.17, 15) is 5.11 Å². The van der Waals surface area contributed by atoms with E-state index in [0.29, 0.717) is 6.42 Å². The zero-order valence-electron chi connectivity index (χ0n) is 12.2. The van der Waals surface area contributed by atoms with E-state index in [4.69, 9.17) is 0 Å². The monoisotopic (exact) mass is 266 g/mol. The summed E-state index contributed by atoms with van der Waals surface area (Å²) in [6.07, 6.45) is 13.2. The number of aliphatic hydroxyl groups is 1. The molecule has 1 unspecified atom stereocenters. The van der Waals surface area contributed by atoms with Crippen LogP contribution in [0.3, 0.4) is 0 Å². The Morgan fingerprint density at radius 3 is 2.84 bits per heavy atom. The first-order valence-corrected chi connectivity index (χ1v) is 6.80. The summed E-state index contributed by atoms with van der Waals surface area (Å²) in [6.45, 7) is 2.21. The third kappa shape index (κ3) is 10.1. The first-order valence-electron chi connectivity index (χ1n) is 6.80. The molecule has 0 radical (unpaired) electrons. The number of allylic oxidation sites excluding steroid dienone is 1. The summed E-state index contributed by atoms with van der Waals surface area (Å²) in [5.41, 5.74) is 1.07. The molecule has 0 saturated heterocycles. The SMILES string of the molecule is CCCCCC=CCC(O)C=Cc1c[c-]ccc1.[Na+]. The van der Waals surface area contributed by atoms with Gasteiger partial charge in [0.15, 0.2) is 0 Å². The molecule has 1 N–H and O–H groups in total. The van der Waals surface area contributed by atoms with Crippen LogP contribution in [0.1, 0.15) is 44.6 Å². The number of rotatable bonds is 8. The predicted molar refractivity (Wildman–Crippen MR) is 78.2 cm³/mol. The van der Waals surface area contributed by atoms with E-state index >= 15 is 0 Å². The first kappa shape index (κ1) is 18.7. The Bertz CT molecular complexity index is 357. The second-order valence-electron chi connectivity index (χ2n) is 4.47. The van der Waals surface area contributed by atoms with Gasteiger partial charge in [-0.3, -0.25) is 0 Å². The van der Waals surface area contributed by atoms with E-state index in [2.05, 4.69) is 25.1 Å². The van der Waals surface area contributed by atoms with Gasteiger partial charge in [-0.2, -0.15) is 30.3 Å². The van der Waals surface area contributed by atoms with Crippen LogP contribution in [0.15, 0.2) is 42.5 Å². The first-order chi connectivity index (χ1) is 8.83. The molecule has 1 aromatic carbocycles. The van der Waals surface area contributed by atoms with E-state index in [-0.39, 0.29) is 29.6 Å². The van der Waals surface area contributed by atoms with Crippen molar-refractivity contribution >= 4 is 6.08 Å². The van der Waals surface area contributed by atoms with Gasteiger partial charge in [-0.15, -0.1) is 11.6 Å². The summed E-state index contributed by atoms with van der Waals surface area (Å²) >= 11 is 0. The third-order valence-corrected chi connectivity index (χ3v) is 2.76. The van der Waals surface area contributed by atoms with Crippen LogP contribution >= 0.6 is 0 Å². The molecular weight excluding hydrogens is 243 g/mol. The van der Waals surface area contributed by atoms with Crippen LogP contribution in [0.4, 0.5) is 0 Å². The number of hydrogen-bond donors (Lipinski definition) is 1. The quantitative estimate of drug-likeness (QED) is 0.326. The molecule has 0 aliphatic carbocycles. The summed E-state index contributed by atoms with van der Waals surface area (Å²) in [5.74, 6) is 0. The maximum atomic E-state index is 9.76. The average Bonchev–Trinajstić information content (AvgIpc) is 2.41. The minimum Gasteiger partial charge on any atom is -0.389 e. The van der Waals surface area contributed by atoms with Crippen LogP contribution in [0.25, 0.3) is 6.08 Å². The molecule has 0 saturated carbocycles. The normalized spacial score (nSPS) is 12.7. The topological polar surface area (TPSA) is 20.2 Å². The Morgan fingerprint density at radius 1 is 1.32 bits per heavy atom. The molecule has 0 bridgehead atoms. The van der Waals surface area contributed by atoms with Gasteiger partial charge in [-0.25, -0.2) is 0 Å². The van der Waals surface area contributed by atoms with Crippen LogP contribution in [-0.2, 0) is 0 Å². The van der Waals surface area contributed by atoms with Crippen molar-refractivity contribution in [3.05, 3.63) is 54.1 Å². The molecule has 0 spiro atoms. The molecule has 19 heavy (non-hydrogen) atoms. The zero-order chi connectivity index (χ0) is 13.1. The van der Waals surface area contributed by atoms with E-state index < -0.39 is 6.10 Å². The minimum atomic E-state index is -0.396. The Kier molecular flexibility index (Phi) is 12.5. The fraction of sp³-hybridized carbons (Fsp3) is 0.412. The van der Waals surface area contributed by atoms with Crippen molar-refractivity contribution in [3.63, 3.8) is 0 Å². The molecule has 98 valence electrons. The fourth-order valence-corrected chi connectivity index (χ4v) is 1.68. The van der Waals surface area contributed by atoms with E-state index in [1.165, 1.54) is 19.3 Å². The molecule has 0 aliphatic heterocycles. The molecule has 1 nitrogen and oxygen atoms in total. The summed E-state index contributed by atoms with van der Waals surface area (Å²) in [6, 6.07) is 10.7. The number of aliphatic hydroxyl groups excluding tert-OH is 1. The number of benzene rings is 1. The van der Waals surface area contributed by atoms with Gasteiger partial charge in [0.25, 0.3) is 0 Å². The summed E-state index contributed by atoms with van der Waals surface area (Å²) in [5, 5.41) is 9.76. The second kappa shape index (κ2) is 12.7. The van der Waals surface area contributed by atoms with Crippen molar-refractivity contribution < 1.29 is 34.7 Å². The van der Waals surface area contributed by atoms with Gasteiger partial charge >= 0.3 is 29.6 Å². The van der Waals surface area contributed by atoms with Crippen molar-refractivity contribution in [3.8, 4) is 0 Å². The predicted octanol–water partition coefficient (Wildman–Crippen LogP) is 1.39. The summed E-state index contributed by atoms with van der Waals surface area (Å²) in [4.78, 5) is 0. The van der Waals surface area contributed by atoms with E-state index in [0.717, 1.165) is 12.0 Å². The summed E-state index contributed by atoms with van der Waals surface area (Å²) in [7, 11) is 0. The molecule has 0 amide bonds. The number of hydrogen-bond acceptors (Lipinski definition) is 1. The minimum absolute atomic E-state index is 0. The van der Waals surface area contributed by atoms with Crippen LogP contribution in [0.5, 0.6) is 0 Å². The van der Waals surface area contributed by atoms with Gasteiger partial charge in [0.05, 0.1) is 6.10 Å². The van der Waals surface area contributed by atoms with Crippen LogP contribution < -0.4 is 29.6 Å². The zero-order valence-corrected chi connectivity index (χ0v) is 14.2. The van der Waals surface area contributed by atoms with Gasteiger partial charge in [-0.05, 0) is 19.3 Å². The Hall–Kier alpha value is -0.340. The fourth-order valence-electron chi connectivity index (χ4n) is 1.68. The molecule has 0 aromatic heterocycles.